The lowest BCUT2D eigenvalue weighted by molar-refractivity contribution is -0.137. The quantitative estimate of drug-likeness (QED) is 0.588. The first-order valence-electron chi connectivity index (χ1n) is 5.61. The Hall–Kier alpha value is -0.570. The van der Waals surface area contributed by atoms with Crippen LogP contribution in [0.25, 0.3) is 0 Å². The third kappa shape index (κ3) is 4.09. The van der Waals surface area contributed by atoms with Crippen molar-refractivity contribution in [3.05, 3.63) is 0 Å². The van der Waals surface area contributed by atoms with Gasteiger partial charge in [0.1, 0.15) is 0 Å². The second-order valence-corrected chi connectivity index (χ2v) is 4.38. The van der Waals surface area contributed by atoms with Crippen molar-refractivity contribution in [2.45, 2.75) is 45.4 Å². The lowest BCUT2D eigenvalue weighted by Crippen LogP contribution is -2.24. The number of nitrogens with one attached hydrogen (secondary N) is 1. The summed E-state index contributed by atoms with van der Waals surface area (Å²) < 4.78 is 0. The van der Waals surface area contributed by atoms with Crippen LogP contribution in [0.15, 0.2) is 0 Å². The number of carboxylic acid groups (broad SMARTS) is 1. The molecule has 1 fully saturated rings. The van der Waals surface area contributed by atoms with Crippen LogP contribution in [0.1, 0.15) is 45.4 Å². The van der Waals surface area contributed by atoms with E-state index in [1.54, 1.807) is 0 Å². The van der Waals surface area contributed by atoms with E-state index in [4.69, 9.17) is 5.11 Å². The molecule has 0 amide bonds. The van der Waals surface area contributed by atoms with E-state index in [0.29, 0.717) is 11.8 Å². The van der Waals surface area contributed by atoms with Crippen LogP contribution in [0.4, 0.5) is 0 Å². The van der Waals surface area contributed by atoms with Gasteiger partial charge in [-0.2, -0.15) is 0 Å². The van der Waals surface area contributed by atoms with Gasteiger partial charge in [0.15, 0.2) is 0 Å². The van der Waals surface area contributed by atoms with Crippen molar-refractivity contribution in [2.75, 3.05) is 13.1 Å². The van der Waals surface area contributed by atoms with Gasteiger partial charge in [0, 0.05) is 13.0 Å². The maximum atomic E-state index is 10.2. The van der Waals surface area contributed by atoms with Gasteiger partial charge in [-0.3, -0.25) is 4.79 Å². The summed E-state index contributed by atoms with van der Waals surface area (Å²) in [5, 5.41) is 11.8. The van der Waals surface area contributed by atoms with Crippen LogP contribution in [-0.2, 0) is 4.79 Å². The van der Waals surface area contributed by atoms with Crippen molar-refractivity contribution >= 4 is 5.97 Å². The molecule has 0 unspecified atom stereocenters. The maximum Gasteiger partial charge on any atom is 0.303 e. The van der Waals surface area contributed by atoms with E-state index in [1.165, 1.54) is 19.3 Å². The topological polar surface area (TPSA) is 49.3 Å². The highest BCUT2D eigenvalue weighted by atomic mass is 16.4. The lowest BCUT2D eigenvalue weighted by atomic mass is 10.0. The molecule has 0 heterocycles. The van der Waals surface area contributed by atoms with Gasteiger partial charge < -0.3 is 10.4 Å². The highest BCUT2D eigenvalue weighted by Crippen LogP contribution is 2.47. The summed E-state index contributed by atoms with van der Waals surface area (Å²) in [6.45, 7) is 4.34. The molecule has 0 radical (unpaired) electrons. The SMILES string of the molecule is CCC1(CNCCCCC(=O)O)CC1. The van der Waals surface area contributed by atoms with Crippen molar-refractivity contribution in [1.29, 1.82) is 0 Å². The molecule has 0 spiro atoms. The molecule has 0 atom stereocenters. The van der Waals surface area contributed by atoms with E-state index in [2.05, 4.69) is 12.2 Å². The number of carboxylic acids is 1. The van der Waals surface area contributed by atoms with Crippen molar-refractivity contribution in [3.63, 3.8) is 0 Å². The van der Waals surface area contributed by atoms with Crippen LogP contribution >= 0.6 is 0 Å². The minimum absolute atomic E-state index is 0.306. The third-order valence-corrected chi connectivity index (χ3v) is 3.20. The summed E-state index contributed by atoms with van der Waals surface area (Å²) in [5.74, 6) is -0.683. The molecular formula is C11H21NO2. The second kappa shape index (κ2) is 5.35. The molecule has 0 aromatic rings. The predicted molar refractivity (Wildman–Crippen MR) is 56.3 cm³/mol. The fraction of sp³-hybridized carbons (Fsp3) is 0.909. The van der Waals surface area contributed by atoms with Gasteiger partial charge in [0.25, 0.3) is 0 Å². The molecule has 0 saturated heterocycles. The van der Waals surface area contributed by atoms with E-state index in [-0.39, 0.29) is 0 Å². The van der Waals surface area contributed by atoms with Gasteiger partial charge in [-0.1, -0.05) is 6.92 Å². The number of hydrogen-bond acceptors (Lipinski definition) is 2. The molecule has 2 N–H and O–H groups in total. The van der Waals surface area contributed by atoms with E-state index in [9.17, 15) is 4.79 Å². The average Bonchev–Trinajstić information content (AvgIpc) is 2.91. The predicted octanol–water partition coefficient (Wildman–Crippen LogP) is 2.02. The molecule has 1 aliphatic carbocycles. The van der Waals surface area contributed by atoms with Crippen molar-refractivity contribution in [1.82, 2.24) is 5.32 Å². The molecule has 0 aromatic heterocycles. The Balaban J connectivity index is 1.87. The second-order valence-electron chi connectivity index (χ2n) is 4.38. The Morgan fingerprint density at radius 1 is 1.43 bits per heavy atom. The van der Waals surface area contributed by atoms with E-state index >= 15 is 0 Å². The number of carbonyl (C=O) groups is 1. The molecule has 3 heteroatoms. The van der Waals surface area contributed by atoms with E-state index < -0.39 is 5.97 Å². The Bertz CT molecular complexity index is 188. The summed E-state index contributed by atoms with van der Waals surface area (Å²) in [4.78, 5) is 10.2. The molecule has 1 rings (SSSR count). The summed E-state index contributed by atoms with van der Waals surface area (Å²) >= 11 is 0. The molecule has 0 aliphatic heterocycles. The Morgan fingerprint density at radius 3 is 2.64 bits per heavy atom. The first-order chi connectivity index (χ1) is 6.68. The van der Waals surface area contributed by atoms with Gasteiger partial charge in [-0.15, -0.1) is 0 Å². The Labute approximate surface area is 85.9 Å². The molecule has 1 saturated carbocycles. The van der Waals surface area contributed by atoms with Crippen LogP contribution in [0.3, 0.4) is 0 Å². The van der Waals surface area contributed by atoms with Crippen LogP contribution < -0.4 is 5.32 Å². The largest absolute Gasteiger partial charge is 0.481 e. The summed E-state index contributed by atoms with van der Waals surface area (Å²) in [6.07, 6.45) is 6.08. The number of aliphatic carboxylic acids is 1. The Kier molecular flexibility index (Phi) is 4.39. The highest BCUT2D eigenvalue weighted by Gasteiger charge is 2.39. The summed E-state index contributed by atoms with van der Waals surface area (Å²) in [7, 11) is 0. The highest BCUT2D eigenvalue weighted by molar-refractivity contribution is 5.66. The van der Waals surface area contributed by atoms with Crippen LogP contribution in [-0.4, -0.2) is 24.2 Å². The minimum Gasteiger partial charge on any atom is -0.481 e. The number of hydrogen-bond donors (Lipinski definition) is 2. The normalized spacial score (nSPS) is 18.1. The molecule has 0 aromatic carbocycles. The first-order valence-corrected chi connectivity index (χ1v) is 5.61. The Morgan fingerprint density at radius 2 is 2.14 bits per heavy atom. The standard InChI is InChI=1S/C11H21NO2/c1-2-11(6-7-11)9-12-8-4-3-5-10(13)14/h12H,2-9H2,1H3,(H,13,14). The molecule has 0 bridgehead atoms. The minimum atomic E-state index is -0.683. The molecule has 14 heavy (non-hydrogen) atoms. The van der Waals surface area contributed by atoms with Crippen molar-refractivity contribution < 1.29 is 9.90 Å². The molecule has 1 aliphatic rings. The van der Waals surface area contributed by atoms with Gasteiger partial charge in [-0.25, -0.2) is 0 Å². The first kappa shape index (κ1) is 11.5. The van der Waals surface area contributed by atoms with Gasteiger partial charge in [0.05, 0.1) is 0 Å². The third-order valence-electron chi connectivity index (χ3n) is 3.20. The number of unbranched alkanes of at least 4 members (excludes halogenated alkanes) is 1. The van der Waals surface area contributed by atoms with E-state index in [1.807, 2.05) is 0 Å². The van der Waals surface area contributed by atoms with Crippen LogP contribution in [0.2, 0.25) is 0 Å². The lowest BCUT2D eigenvalue weighted by Gasteiger charge is -2.12. The fourth-order valence-electron chi connectivity index (χ4n) is 1.71. The smallest absolute Gasteiger partial charge is 0.303 e. The zero-order chi connectivity index (χ0) is 10.4. The van der Waals surface area contributed by atoms with E-state index in [0.717, 1.165) is 25.9 Å². The van der Waals surface area contributed by atoms with Crippen LogP contribution in [0.5, 0.6) is 0 Å². The van der Waals surface area contributed by atoms with Crippen molar-refractivity contribution in [3.8, 4) is 0 Å². The fourth-order valence-corrected chi connectivity index (χ4v) is 1.71. The molecular weight excluding hydrogens is 178 g/mol. The molecule has 3 nitrogen and oxygen atoms in total. The maximum absolute atomic E-state index is 10.2. The zero-order valence-electron chi connectivity index (χ0n) is 9.01. The number of rotatable bonds is 8. The summed E-state index contributed by atoms with van der Waals surface area (Å²) in [5.41, 5.74) is 0.604. The zero-order valence-corrected chi connectivity index (χ0v) is 9.01. The summed E-state index contributed by atoms with van der Waals surface area (Å²) in [6, 6.07) is 0. The van der Waals surface area contributed by atoms with Crippen LogP contribution in [0, 0.1) is 5.41 Å². The van der Waals surface area contributed by atoms with Gasteiger partial charge in [-0.05, 0) is 44.1 Å². The average molecular weight is 199 g/mol. The monoisotopic (exact) mass is 199 g/mol. The van der Waals surface area contributed by atoms with Crippen molar-refractivity contribution in [2.24, 2.45) is 5.41 Å². The van der Waals surface area contributed by atoms with Gasteiger partial charge in [0.2, 0.25) is 0 Å². The molecule has 82 valence electrons. The van der Waals surface area contributed by atoms with Gasteiger partial charge >= 0.3 is 5.97 Å².